The Kier molecular flexibility index (Phi) is 5.34. The van der Waals surface area contributed by atoms with E-state index < -0.39 is 11.7 Å². The van der Waals surface area contributed by atoms with E-state index in [1.807, 2.05) is 29.9 Å². The molecule has 0 aliphatic carbocycles. The van der Waals surface area contributed by atoms with E-state index in [-0.39, 0.29) is 12.5 Å². The zero-order valence-corrected chi connectivity index (χ0v) is 14.2. The molecule has 2 N–H and O–H groups in total. The van der Waals surface area contributed by atoms with Crippen molar-refractivity contribution in [3.63, 3.8) is 0 Å². The van der Waals surface area contributed by atoms with E-state index in [2.05, 4.69) is 5.32 Å². The first kappa shape index (κ1) is 17.4. The van der Waals surface area contributed by atoms with E-state index in [9.17, 15) is 9.90 Å². The molecule has 124 valence electrons. The molecule has 0 spiro atoms. The molecule has 23 heavy (non-hydrogen) atoms. The SMILES string of the molecule is Cn1cccc1C(O)CNC(=O)C(C)(C)Oc1ccc(Cl)cc1. The summed E-state index contributed by atoms with van der Waals surface area (Å²) in [4.78, 5) is 12.3. The fraction of sp³-hybridized carbons (Fsp3) is 0.353. The van der Waals surface area contributed by atoms with Gasteiger partial charge in [-0.15, -0.1) is 0 Å². The van der Waals surface area contributed by atoms with E-state index in [1.54, 1.807) is 38.1 Å². The molecule has 0 saturated carbocycles. The molecular formula is C17H21ClN2O3. The Morgan fingerprint density at radius 1 is 1.35 bits per heavy atom. The standard InChI is InChI=1S/C17H21ClN2O3/c1-17(2,23-13-8-6-12(18)7-9-13)16(22)19-11-15(21)14-5-4-10-20(14)3/h4-10,15,21H,11H2,1-3H3,(H,19,22). The largest absolute Gasteiger partial charge is 0.478 e. The smallest absolute Gasteiger partial charge is 0.263 e. The second kappa shape index (κ2) is 7.06. The highest BCUT2D eigenvalue weighted by Crippen LogP contribution is 2.21. The second-order valence-electron chi connectivity index (χ2n) is 5.84. The number of rotatable bonds is 6. The number of aromatic nitrogens is 1. The van der Waals surface area contributed by atoms with Gasteiger partial charge in [-0.1, -0.05) is 11.6 Å². The van der Waals surface area contributed by atoms with Gasteiger partial charge in [0.1, 0.15) is 11.9 Å². The number of hydrogen-bond donors (Lipinski definition) is 2. The minimum atomic E-state index is -1.07. The Bertz CT molecular complexity index is 665. The monoisotopic (exact) mass is 336 g/mol. The van der Waals surface area contributed by atoms with Gasteiger partial charge in [-0.25, -0.2) is 0 Å². The number of ether oxygens (including phenoxy) is 1. The van der Waals surface area contributed by atoms with Gasteiger partial charge in [0.15, 0.2) is 5.60 Å². The van der Waals surface area contributed by atoms with Crippen molar-refractivity contribution in [1.82, 2.24) is 9.88 Å². The summed E-state index contributed by atoms with van der Waals surface area (Å²) in [6.45, 7) is 3.46. The van der Waals surface area contributed by atoms with Crippen LogP contribution >= 0.6 is 11.6 Å². The summed E-state index contributed by atoms with van der Waals surface area (Å²) in [7, 11) is 1.84. The molecule has 0 fully saturated rings. The number of halogens is 1. The van der Waals surface area contributed by atoms with Crippen molar-refractivity contribution in [2.45, 2.75) is 25.6 Å². The summed E-state index contributed by atoms with van der Waals surface area (Å²) in [6.07, 6.45) is 1.07. The van der Waals surface area contributed by atoms with E-state index in [1.165, 1.54) is 0 Å². The van der Waals surface area contributed by atoms with Gasteiger partial charge in [0, 0.05) is 30.5 Å². The third-order valence-electron chi connectivity index (χ3n) is 3.51. The lowest BCUT2D eigenvalue weighted by Gasteiger charge is -2.26. The number of nitrogens with zero attached hydrogens (tertiary/aromatic N) is 1. The molecule has 2 rings (SSSR count). The molecule has 1 aromatic heterocycles. The predicted molar refractivity (Wildman–Crippen MR) is 89.5 cm³/mol. The number of hydrogen-bond acceptors (Lipinski definition) is 3. The third-order valence-corrected chi connectivity index (χ3v) is 3.77. The van der Waals surface area contributed by atoms with Crippen LogP contribution in [0.3, 0.4) is 0 Å². The van der Waals surface area contributed by atoms with Crippen molar-refractivity contribution in [3.8, 4) is 5.75 Å². The van der Waals surface area contributed by atoms with Gasteiger partial charge >= 0.3 is 0 Å². The highest BCUT2D eigenvalue weighted by molar-refractivity contribution is 6.30. The number of aryl methyl sites for hydroxylation is 1. The molecule has 5 nitrogen and oxygen atoms in total. The van der Waals surface area contributed by atoms with Crippen molar-refractivity contribution in [2.24, 2.45) is 7.05 Å². The maximum absolute atomic E-state index is 12.3. The lowest BCUT2D eigenvalue weighted by atomic mass is 10.1. The molecule has 1 amide bonds. The number of carbonyl (C=O) groups is 1. The van der Waals surface area contributed by atoms with E-state index in [4.69, 9.17) is 16.3 Å². The highest BCUT2D eigenvalue weighted by Gasteiger charge is 2.30. The van der Waals surface area contributed by atoms with Crippen LogP contribution in [0.4, 0.5) is 0 Å². The molecule has 1 unspecified atom stereocenters. The summed E-state index contributed by atoms with van der Waals surface area (Å²) < 4.78 is 7.52. The lowest BCUT2D eigenvalue weighted by molar-refractivity contribution is -0.134. The highest BCUT2D eigenvalue weighted by atomic mass is 35.5. The van der Waals surface area contributed by atoms with E-state index >= 15 is 0 Å². The van der Waals surface area contributed by atoms with Gasteiger partial charge in [0.25, 0.3) is 5.91 Å². The molecule has 2 aromatic rings. The maximum atomic E-state index is 12.3. The summed E-state index contributed by atoms with van der Waals surface area (Å²) in [6, 6.07) is 10.5. The Labute approximate surface area is 140 Å². The van der Waals surface area contributed by atoms with Crippen LogP contribution in [0.5, 0.6) is 5.75 Å². The van der Waals surface area contributed by atoms with Crippen molar-refractivity contribution in [1.29, 1.82) is 0 Å². The molecule has 6 heteroatoms. The van der Waals surface area contributed by atoms with Crippen LogP contribution in [0.1, 0.15) is 25.6 Å². The van der Waals surface area contributed by atoms with Gasteiger partial charge in [-0.3, -0.25) is 4.79 Å². The summed E-state index contributed by atoms with van der Waals surface area (Å²) >= 11 is 5.83. The van der Waals surface area contributed by atoms with Crippen molar-refractivity contribution in [3.05, 3.63) is 53.3 Å². The van der Waals surface area contributed by atoms with Crippen molar-refractivity contribution in [2.75, 3.05) is 6.54 Å². The molecular weight excluding hydrogens is 316 g/mol. The first-order valence-electron chi connectivity index (χ1n) is 7.32. The molecule has 0 bridgehead atoms. The Morgan fingerprint density at radius 3 is 2.57 bits per heavy atom. The van der Waals surface area contributed by atoms with Crippen LogP contribution < -0.4 is 10.1 Å². The zero-order valence-electron chi connectivity index (χ0n) is 13.4. The topological polar surface area (TPSA) is 63.5 Å². The normalized spacial score (nSPS) is 12.7. The molecule has 0 radical (unpaired) electrons. The average Bonchev–Trinajstić information content (AvgIpc) is 2.92. The minimum Gasteiger partial charge on any atom is -0.478 e. The van der Waals surface area contributed by atoms with Gasteiger partial charge < -0.3 is 19.7 Å². The number of carbonyl (C=O) groups excluding carboxylic acids is 1. The molecule has 1 atom stereocenters. The fourth-order valence-corrected chi connectivity index (χ4v) is 2.30. The lowest BCUT2D eigenvalue weighted by Crippen LogP contribution is -2.47. The van der Waals surface area contributed by atoms with Gasteiger partial charge in [-0.2, -0.15) is 0 Å². The Hall–Kier alpha value is -1.98. The van der Waals surface area contributed by atoms with Crippen LogP contribution in [-0.2, 0) is 11.8 Å². The Morgan fingerprint density at radius 2 is 2.00 bits per heavy atom. The number of amides is 1. The summed E-state index contributed by atoms with van der Waals surface area (Å²) in [5, 5.41) is 13.5. The van der Waals surface area contributed by atoms with Crippen LogP contribution in [0, 0.1) is 0 Å². The molecule has 0 aliphatic rings. The second-order valence-corrected chi connectivity index (χ2v) is 6.27. The number of nitrogens with one attached hydrogen (secondary N) is 1. The van der Waals surface area contributed by atoms with E-state index in [0.29, 0.717) is 10.8 Å². The van der Waals surface area contributed by atoms with Crippen LogP contribution in [0.15, 0.2) is 42.6 Å². The van der Waals surface area contributed by atoms with Gasteiger partial charge in [0.05, 0.1) is 0 Å². The minimum absolute atomic E-state index is 0.115. The quantitative estimate of drug-likeness (QED) is 0.852. The molecule has 0 saturated heterocycles. The van der Waals surface area contributed by atoms with Crippen LogP contribution in [0.25, 0.3) is 0 Å². The Balaban J connectivity index is 1.93. The van der Waals surface area contributed by atoms with Gasteiger partial charge in [-0.05, 0) is 50.2 Å². The maximum Gasteiger partial charge on any atom is 0.263 e. The molecule has 1 aromatic carbocycles. The number of aliphatic hydroxyl groups excluding tert-OH is 1. The average molecular weight is 337 g/mol. The number of benzene rings is 1. The first-order chi connectivity index (χ1) is 10.8. The van der Waals surface area contributed by atoms with Crippen molar-refractivity contribution < 1.29 is 14.6 Å². The zero-order chi connectivity index (χ0) is 17.0. The molecule has 0 aliphatic heterocycles. The molecule has 1 heterocycles. The van der Waals surface area contributed by atoms with Crippen LogP contribution in [0.2, 0.25) is 5.02 Å². The number of aliphatic hydroxyl groups is 1. The van der Waals surface area contributed by atoms with Gasteiger partial charge in [0.2, 0.25) is 0 Å². The van der Waals surface area contributed by atoms with E-state index in [0.717, 1.165) is 5.69 Å². The van der Waals surface area contributed by atoms with Crippen molar-refractivity contribution >= 4 is 17.5 Å². The predicted octanol–water partition coefficient (Wildman–Crippen LogP) is 2.69. The first-order valence-corrected chi connectivity index (χ1v) is 7.69. The summed E-state index contributed by atoms with van der Waals surface area (Å²) in [5.74, 6) is 0.248. The third kappa shape index (κ3) is 4.50. The fourth-order valence-electron chi connectivity index (χ4n) is 2.17. The summed E-state index contributed by atoms with van der Waals surface area (Å²) in [5.41, 5.74) is -0.330. The van der Waals surface area contributed by atoms with Crippen LogP contribution in [-0.4, -0.2) is 27.7 Å².